The summed E-state index contributed by atoms with van der Waals surface area (Å²) in [5.41, 5.74) is 2.21. The lowest BCUT2D eigenvalue weighted by Gasteiger charge is -2.41. The quantitative estimate of drug-likeness (QED) is 0.857. The van der Waals surface area contributed by atoms with Crippen LogP contribution < -0.4 is 10.1 Å². The first kappa shape index (κ1) is 17.2. The average molecular weight is 346 g/mol. The fourth-order valence-electron chi connectivity index (χ4n) is 3.00. The largest absolute Gasteiger partial charge is 0.435 e. The number of benzene rings is 2. The van der Waals surface area contributed by atoms with Gasteiger partial charge in [0.25, 0.3) is 5.91 Å². The second-order valence-corrected chi connectivity index (χ2v) is 6.01. The molecule has 0 radical (unpaired) electrons. The molecule has 25 heavy (non-hydrogen) atoms. The molecular formula is C19H20F2N2O2. The molecule has 0 unspecified atom stereocenters. The average Bonchev–Trinajstić information content (AvgIpc) is 2.61. The van der Waals surface area contributed by atoms with Crippen LogP contribution in [0.4, 0.5) is 14.5 Å². The van der Waals surface area contributed by atoms with E-state index in [0.717, 1.165) is 17.7 Å². The highest BCUT2D eigenvalue weighted by Gasteiger charge is 2.35. The molecule has 2 aromatic carbocycles. The molecule has 0 fully saturated rings. The van der Waals surface area contributed by atoms with Crippen molar-refractivity contribution in [3.8, 4) is 5.75 Å². The molecule has 0 spiro atoms. The fourth-order valence-corrected chi connectivity index (χ4v) is 3.00. The summed E-state index contributed by atoms with van der Waals surface area (Å²) < 4.78 is 29.0. The number of hydrogen-bond acceptors (Lipinski definition) is 3. The van der Waals surface area contributed by atoms with Gasteiger partial charge in [0.05, 0.1) is 5.56 Å². The summed E-state index contributed by atoms with van der Waals surface area (Å²) >= 11 is 0. The number of carbonyl (C=O) groups is 1. The molecule has 0 aliphatic carbocycles. The van der Waals surface area contributed by atoms with Gasteiger partial charge >= 0.3 is 6.61 Å². The molecule has 2 aromatic rings. The number of anilines is 1. The van der Waals surface area contributed by atoms with Crippen LogP contribution in [0.1, 0.15) is 42.4 Å². The van der Waals surface area contributed by atoms with E-state index < -0.39 is 6.61 Å². The Morgan fingerprint density at radius 1 is 1.16 bits per heavy atom. The molecule has 1 heterocycles. The molecule has 0 saturated heterocycles. The van der Waals surface area contributed by atoms with E-state index in [2.05, 4.69) is 10.1 Å². The van der Waals surface area contributed by atoms with Gasteiger partial charge in [-0.25, -0.2) is 0 Å². The lowest BCUT2D eigenvalue weighted by atomic mass is 10.0. The Morgan fingerprint density at radius 3 is 2.48 bits per heavy atom. The lowest BCUT2D eigenvalue weighted by Crippen LogP contribution is -2.47. The van der Waals surface area contributed by atoms with E-state index in [4.69, 9.17) is 0 Å². The summed E-state index contributed by atoms with van der Waals surface area (Å²) in [6.07, 6.45) is 0.441. The highest BCUT2D eigenvalue weighted by Crippen LogP contribution is 2.35. The fraction of sp³-hybridized carbons (Fsp3) is 0.316. The smallest absolute Gasteiger partial charge is 0.387 e. The number of amides is 1. The SMILES string of the molecule is CC[C@H](C)N1C(=O)c2ccccc2N[C@@H]1c1ccc(OC(F)F)cc1. The Hall–Kier alpha value is -2.63. The Morgan fingerprint density at radius 2 is 1.84 bits per heavy atom. The number of ether oxygens (including phenoxy) is 1. The van der Waals surface area contributed by atoms with E-state index in [9.17, 15) is 13.6 Å². The minimum absolute atomic E-state index is 0.0235. The van der Waals surface area contributed by atoms with Crippen LogP contribution in [0.2, 0.25) is 0 Å². The molecule has 1 N–H and O–H groups in total. The number of alkyl halides is 2. The third kappa shape index (κ3) is 3.43. The predicted octanol–water partition coefficient (Wildman–Crippen LogP) is 4.65. The number of halogens is 2. The zero-order valence-electron chi connectivity index (χ0n) is 14.1. The van der Waals surface area contributed by atoms with Crippen LogP contribution in [-0.4, -0.2) is 23.5 Å². The highest BCUT2D eigenvalue weighted by molar-refractivity contribution is 6.01. The van der Waals surface area contributed by atoms with Gasteiger partial charge in [-0.3, -0.25) is 4.79 Å². The molecule has 0 aromatic heterocycles. The molecule has 2 atom stereocenters. The van der Waals surface area contributed by atoms with Crippen molar-refractivity contribution in [3.63, 3.8) is 0 Å². The van der Waals surface area contributed by atoms with Crippen molar-refractivity contribution in [2.24, 2.45) is 0 Å². The van der Waals surface area contributed by atoms with Gasteiger partial charge in [-0.05, 0) is 43.2 Å². The summed E-state index contributed by atoms with van der Waals surface area (Å²) in [7, 11) is 0. The van der Waals surface area contributed by atoms with E-state index in [1.807, 2.05) is 32.0 Å². The maximum atomic E-state index is 13.0. The Kier molecular flexibility index (Phi) is 4.88. The van der Waals surface area contributed by atoms with E-state index in [1.165, 1.54) is 12.1 Å². The second-order valence-electron chi connectivity index (χ2n) is 6.01. The van der Waals surface area contributed by atoms with Crippen molar-refractivity contribution in [2.75, 3.05) is 5.32 Å². The van der Waals surface area contributed by atoms with Crippen LogP contribution in [0.3, 0.4) is 0 Å². The van der Waals surface area contributed by atoms with Crippen LogP contribution in [0.25, 0.3) is 0 Å². The highest BCUT2D eigenvalue weighted by atomic mass is 19.3. The maximum absolute atomic E-state index is 13.0. The number of nitrogens with zero attached hydrogens (tertiary/aromatic N) is 1. The van der Waals surface area contributed by atoms with Gasteiger partial charge in [0, 0.05) is 11.7 Å². The van der Waals surface area contributed by atoms with Crippen molar-refractivity contribution < 1.29 is 18.3 Å². The van der Waals surface area contributed by atoms with Crippen LogP contribution in [0.5, 0.6) is 5.75 Å². The summed E-state index contributed by atoms with van der Waals surface area (Å²) in [5, 5.41) is 3.39. The minimum Gasteiger partial charge on any atom is -0.435 e. The molecule has 6 heteroatoms. The third-order valence-corrected chi connectivity index (χ3v) is 4.45. The van der Waals surface area contributed by atoms with Crippen LogP contribution in [-0.2, 0) is 0 Å². The molecular weight excluding hydrogens is 326 g/mol. The molecule has 1 aliphatic heterocycles. The predicted molar refractivity (Wildman–Crippen MR) is 91.8 cm³/mol. The summed E-state index contributed by atoms with van der Waals surface area (Å²) in [6.45, 7) is 1.16. The van der Waals surface area contributed by atoms with E-state index >= 15 is 0 Å². The molecule has 1 amide bonds. The number of nitrogens with one attached hydrogen (secondary N) is 1. The van der Waals surface area contributed by atoms with Crippen molar-refractivity contribution in [2.45, 2.75) is 39.1 Å². The number of fused-ring (bicyclic) bond motifs is 1. The summed E-state index contributed by atoms with van der Waals surface area (Å²) in [4.78, 5) is 14.8. The van der Waals surface area contributed by atoms with Gasteiger partial charge in [0.2, 0.25) is 0 Å². The monoisotopic (exact) mass is 346 g/mol. The first-order chi connectivity index (χ1) is 12.0. The van der Waals surface area contributed by atoms with Crippen LogP contribution >= 0.6 is 0 Å². The molecule has 0 bridgehead atoms. The van der Waals surface area contributed by atoms with Gasteiger partial charge < -0.3 is 15.0 Å². The van der Waals surface area contributed by atoms with Gasteiger partial charge in [0.15, 0.2) is 0 Å². The third-order valence-electron chi connectivity index (χ3n) is 4.45. The van der Waals surface area contributed by atoms with E-state index in [1.54, 1.807) is 23.1 Å². The number of rotatable bonds is 5. The molecule has 4 nitrogen and oxygen atoms in total. The van der Waals surface area contributed by atoms with E-state index in [0.29, 0.717) is 5.56 Å². The standard InChI is InChI=1S/C19H20F2N2O2/c1-3-12(2)23-17(13-8-10-14(11-9-13)25-19(20)21)22-16-7-5-4-6-15(16)18(23)24/h4-12,17,19,22H,3H2,1-2H3/t12-,17-/m0/s1. The summed E-state index contributed by atoms with van der Waals surface area (Å²) in [6, 6.07) is 13.8. The van der Waals surface area contributed by atoms with Gasteiger partial charge in [-0.15, -0.1) is 0 Å². The zero-order chi connectivity index (χ0) is 18.0. The molecule has 1 aliphatic rings. The van der Waals surface area contributed by atoms with Gasteiger partial charge in [-0.1, -0.05) is 31.2 Å². The normalized spacial score (nSPS) is 17.9. The summed E-state index contributed by atoms with van der Waals surface area (Å²) in [5.74, 6) is 0.0537. The van der Waals surface area contributed by atoms with Crippen molar-refractivity contribution in [1.82, 2.24) is 4.90 Å². The zero-order valence-corrected chi connectivity index (χ0v) is 14.1. The second kappa shape index (κ2) is 7.09. The Labute approximate surface area is 145 Å². The number of para-hydroxylation sites is 1. The molecule has 132 valence electrons. The lowest BCUT2D eigenvalue weighted by molar-refractivity contribution is -0.0498. The number of carbonyl (C=O) groups excluding carboxylic acids is 1. The molecule has 3 rings (SSSR count). The first-order valence-electron chi connectivity index (χ1n) is 8.24. The minimum atomic E-state index is -2.86. The van der Waals surface area contributed by atoms with Crippen molar-refractivity contribution in [3.05, 3.63) is 59.7 Å². The van der Waals surface area contributed by atoms with Crippen LogP contribution in [0.15, 0.2) is 48.5 Å². The Bertz CT molecular complexity index is 749. The number of hydrogen-bond donors (Lipinski definition) is 1. The topological polar surface area (TPSA) is 41.6 Å². The van der Waals surface area contributed by atoms with E-state index in [-0.39, 0.29) is 23.9 Å². The maximum Gasteiger partial charge on any atom is 0.387 e. The van der Waals surface area contributed by atoms with Crippen LogP contribution in [0, 0.1) is 0 Å². The van der Waals surface area contributed by atoms with Crippen molar-refractivity contribution in [1.29, 1.82) is 0 Å². The molecule has 0 saturated carbocycles. The first-order valence-corrected chi connectivity index (χ1v) is 8.24. The van der Waals surface area contributed by atoms with Crippen molar-refractivity contribution >= 4 is 11.6 Å². The van der Waals surface area contributed by atoms with Gasteiger partial charge in [0.1, 0.15) is 11.9 Å². The Balaban J connectivity index is 1.96. The van der Waals surface area contributed by atoms with Gasteiger partial charge in [-0.2, -0.15) is 8.78 Å².